The Morgan fingerprint density at radius 2 is 0.429 bits per heavy atom. The zero-order chi connectivity index (χ0) is 0. The minimum absolute atomic E-state index is 0. The van der Waals surface area contributed by atoms with Gasteiger partial charge in [0.05, 0.1) is 0 Å². The number of hydrogen-bond donors (Lipinski definition) is 0. The molecule has 0 aromatic carbocycles. The minimum Gasteiger partial charge on any atom is -0.0626 e. The first-order chi connectivity index (χ1) is 0. The van der Waals surface area contributed by atoms with E-state index in [2.05, 4.69) is 0 Å². The van der Waals surface area contributed by atoms with Crippen LogP contribution in [0.15, 0.2) is 0 Å². The van der Waals surface area contributed by atoms with E-state index in [0.717, 1.165) is 0 Å². The number of rotatable bonds is 0. The van der Waals surface area contributed by atoms with Gasteiger partial charge < -0.3 is 0 Å². The van der Waals surface area contributed by atoms with Crippen LogP contribution in [-0.2, 0) is 0 Å². The Morgan fingerprint density at radius 3 is 0.429 bits per heavy atom. The second kappa shape index (κ2) is 167. The summed E-state index contributed by atoms with van der Waals surface area (Å²) in [6.45, 7) is 0. The molecule has 0 nitrogen and oxygen atoms in total. The molecule has 0 atom stereocenters. The van der Waals surface area contributed by atoms with E-state index in [1.807, 2.05) is 0 Å². The van der Waals surface area contributed by atoms with Gasteiger partial charge in [-0.15, -0.1) is 0 Å². The van der Waals surface area contributed by atoms with E-state index < -0.39 is 0 Å². The summed E-state index contributed by atoms with van der Waals surface area (Å²) in [4.78, 5) is 0. The Hall–Kier alpha value is 1.32. The summed E-state index contributed by atoms with van der Waals surface area (Å²) >= 11 is 0. The molecule has 7 heavy (non-hydrogen) atoms. The largest absolute Gasteiger partial charge is 4.00 e. The maximum Gasteiger partial charge on any atom is 4.00 e. The predicted octanol–water partition coefficient (Wildman–Crippen LogP) is -10.2. The molecular formula is CH20B5Na. The first-order valence-electron chi connectivity index (χ1n) is 0. The molecule has 0 fully saturated rings. The van der Waals surface area contributed by atoms with Crippen molar-refractivity contribution in [1.82, 2.24) is 0 Å². The molecule has 0 heterocycles. The molecule has 0 N–H and O–H groups in total. The second-order valence-corrected chi connectivity index (χ2v) is 0. The Labute approximate surface area is 78.8 Å². The van der Waals surface area contributed by atoms with Crippen molar-refractivity contribution in [2.45, 2.75) is 0 Å². The van der Waals surface area contributed by atoms with E-state index in [4.69, 9.17) is 0 Å². The smallest absolute Gasteiger partial charge is 0.0626 e. The van der Waals surface area contributed by atoms with Crippen LogP contribution in [0.2, 0.25) is 0 Å². The fraction of sp³-hybridized carbons (Fsp3) is 0. The number of hydrogen-bond acceptors (Lipinski definition) is 0. The van der Waals surface area contributed by atoms with Gasteiger partial charge in [0.25, 0.3) is 0 Å². The third-order valence-electron chi connectivity index (χ3n) is 0. The van der Waals surface area contributed by atoms with Gasteiger partial charge in [-0.05, 0) is 0 Å². The third-order valence-corrected chi connectivity index (χ3v) is 0. The molecular weight excluding hydrogens is 89.1 g/mol. The zero-order valence-corrected chi connectivity index (χ0v) is 3.50. The second-order valence-electron chi connectivity index (χ2n) is 0. The van der Waals surface area contributed by atoms with Gasteiger partial charge in [0, 0.05) is 0 Å². The molecule has 0 bridgehead atoms. The van der Waals surface area contributed by atoms with E-state index >= 15 is 0 Å². The monoisotopic (exact) mass is 110 g/mol. The van der Waals surface area contributed by atoms with Crippen LogP contribution < -0.4 is 29.6 Å². The van der Waals surface area contributed by atoms with Crippen LogP contribution in [0.3, 0.4) is 0 Å². The minimum atomic E-state index is 0. The van der Waals surface area contributed by atoms with Crippen molar-refractivity contribution in [2.24, 2.45) is 0 Å². The van der Waals surface area contributed by atoms with E-state index in [1.165, 1.54) is 0 Å². The molecule has 6 heteroatoms. The Kier molecular flexibility index (Phi) is 6070. The van der Waals surface area contributed by atoms with Crippen molar-refractivity contribution in [2.75, 3.05) is 0 Å². The van der Waals surface area contributed by atoms with Crippen LogP contribution in [0.25, 0.3) is 0 Å². The molecule has 0 aromatic heterocycles. The van der Waals surface area contributed by atoms with Gasteiger partial charge in [-0.3, -0.25) is 0 Å². The van der Waals surface area contributed by atoms with Crippen LogP contribution >= 0.6 is 0 Å². The molecule has 0 rings (SSSR count). The van der Waals surface area contributed by atoms with Crippen LogP contribution in [-0.4, -0.2) is 42.1 Å². The fourth-order valence-electron chi connectivity index (χ4n) is 0. The summed E-state index contributed by atoms with van der Waals surface area (Å²) in [5.41, 5.74) is 0. The van der Waals surface area contributed by atoms with Crippen molar-refractivity contribution < 1.29 is 29.6 Å². The van der Waals surface area contributed by atoms with E-state index in [9.17, 15) is 0 Å². The summed E-state index contributed by atoms with van der Waals surface area (Å²) in [6.07, 6.45) is 0. The van der Waals surface area contributed by atoms with Gasteiger partial charge in [-0.25, -0.2) is 0 Å². The van der Waals surface area contributed by atoms with Gasteiger partial charge >= 0.3 is 37.0 Å². The van der Waals surface area contributed by atoms with Crippen LogP contribution in [0.5, 0.6) is 0 Å². The quantitative estimate of drug-likeness (QED) is 0.271. The molecule has 0 aliphatic carbocycles. The summed E-state index contributed by atoms with van der Waals surface area (Å²) in [5, 5.41) is 0. The molecule has 0 aromatic rings. The van der Waals surface area contributed by atoms with Crippen molar-refractivity contribution in [1.29, 1.82) is 0 Å². The van der Waals surface area contributed by atoms with Gasteiger partial charge in [-0.1, -0.05) is 42.1 Å². The average Bonchev–Trinajstić information content (AvgIpc) is 0. The third kappa shape index (κ3) is 118. The Morgan fingerprint density at radius 1 is 0.429 bits per heavy atom. The molecule has 0 spiro atoms. The first kappa shape index (κ1) is 255. The predicted molar refractivity (Wildman–Crippen MR) is 59.9 cm³/mol. The van der Waals surface area contributed by atoms with Crippen molar-refractivity contribution in [3.8, 4) is 0 Å². The molecule has 0 unspecified atom stereocenters. The van der Waals surface area contributed by atoms with Gasteiger partial charge in [-0.2, -0.15) is 0 Å². The normalized spacial score (nSPS) is 0. The Balaban J connectivity index is 0. The first-order valence-corrected chi connectivity index (χ1v) is 0. The van der Waals surface area contributed by atoms with E-state index in [0.29, 0.717) is 0 Å². The Bertz CT molecular complexity index is 8.04. The van der Waals surface area contributed by atoms with Crippen molar-refractivity contribution in [3.63, 3.8) is 0 Å². The summed E-state index contributed by atoms with van der Waals surface area (Å²) in [6, 6.07) is 0. The van der Waals surface area contributed by atoms with E-state index in [1.54, 1.807) is 0 Å². The SMILES string of the molecule is [BH4-].[BH4-].[BH4-].[BH4-].[BH4-].[C+4].[Na+]. The van der Waals surface area contributed by atoms with Crippen LogP contribution in [0.1, 0.15) is 0 Å². The van der Waals surface area contributed by atoms with Crippen LogP contribution in [0, 0.1) is 7.43 Å². The van der Waals surface area contributed by atoms with Crippen molar-refractivity contribution in [3.05, 3.63) is 7.43 Å². The summed E-state index contributed by atoms with van der Waals surface area (Å²) in [5.74, 6) is 0. The summed E-state index contributed by atoms with van der Waals surface area (Å²) in [7, 11) is 0. The molecule has 0 amide bonds. The molecule has 0 aliphatic rings. The molecule has 0 radical (unpaired) electrons. The zero-order valence-electron chi connectivity index (χ0n) is 1.50. The molecule has 0 saturated carbocycles. The van der Waals surface area contributed by atoms with E-state index in [-0.39, 0.29) is 79.0 Å². The van der Waals surface area contributed by atoms with Gasteiger partial charge in [0.2, 0.25) is 0 Å². The molecule has 0 saturated heterocycles. The van der Waals surface area contributed by atoms with Gasteiger partial charge in [0.15, 0.2) is 0 Å². The standard InChI is InChI=1S/C.5BH4.Na/h;5*1H4;/q+4;5*-1;+1. The summed E-state index contributed by atoms with van der Waals surface area (Å²) < 4.78 is 0. The van der Waals surface area contributed by atoms with Crippen molar-refractivity contribution >= 4 is 42.1 Å². The van der Waals surface area contributed by atoms with Crippen LogP contribution in [0.4, 0.5) is 0 Å². The molecule has 40 valence electrons. The fourth-order valence-corrected chi connectivity index (χ4v) is 0. The molecule has 0 aliphatic heterocycles. The topological polar surface area (TPSA) is 0 Å². The maximum absolute atomic E-state index is 0. The van der Waals surface area contributed by atoms with Gasteiger partial charge in [0.1, 0.15) is 0 Å². The maximum atomic E-state index is 0. The average molecular weight is 109 g/mol.